The number of amides is 1. The van der Waals surface area contributed by atoms with Gasteiger partial charge in [-0.05, 0) is 54.7 Å². The summed E-state index contributed by atoms with van der Waals surface area (Å²) in [7, 11) is 0. The molecule has 1 aliphatic carbocycles. The molecule has 3 nitrogen and oxygen atoms in total. The van der Waals surface area contributed by atoms with Gasteiger partial charge in [-0.3, -0.25) is 9.78 Å². The van der Waals surface area contributed by atoms with Crippen molar-refractivity contribution in [2.75, 3.05) is 0 Å². The van der Waals surface area contributed by atoms with Crippen LogP contribution in [0.5, 0.6) is 0 Å². The highest BCUT2D eigenvalue weighted by atomic mass is 19.1. The second-order valence-corrected chi connectivity index (χ2v) is 6.17. The summed E-state index contributed by atoms with van der Waals surface area (Å²) in [6.45, 7) is 0. The van der Waals surface area contributed by atoms with E-state index >= 15 is 0 Å². The third-order valence-electron chi connectivity index (χ3n) is 4.49. The number of hydrogen-bond donors (Lipinski definition) is 1. The van der Waals surface area contributed by atoms with Crippen LogP contribution >= 0.6 is 0 Å². The summed E-state index contributed by atoms with van der Waals surface area (Å²) in [6.07, 6.45) is 9.44. The predicted octanol–water partition coefficient (Wildman–Crippen LogP) is 4.28. The minimum Gasteiger partial charge on any atom is -0.345 e. The van der Waals surface area contributed by atoms with E-state index in [1.54, 1.807) is 24.4 Å². The lowest BCUT2D eigenvalue weighted by Crippen LogP contribution is -2.31. The summed E-state index contributed by atoms with van der Waals surface area (Å²) in [4.78, 5) is 16.5. The van der Waals surface area contributed by atoms with Gasteiger partial charge in [-0.1, -0.05) is 31.0 Å². The van der Waals surface area contributed by atoms with Gasteiger partial charge in [-0.25, -0.2) is 4.39 Å². The van der Waals surface area contributed by atoms with E-state index in [1.807, 2.05) is 18.2 Å². The molecule has 4 heteroatoms. The van der Waals surface area contributed by atoms with Crippen LogP contribution in [0.4, 0.5) is 4.39 Å². The molecule has 24 heavy (non-hydrogen) atoms. The van der Waals surface area contributed by atoms with Crippen LogP contribution in [-0.2, 0) is 4.79 Å². The third kappa shape index (κ3) is 4.28. The molecule has 0 radical (unpaired) electrons. The van der Waals surface area contributed by atoms with Crippen LogP contribution in [0.25, 0.3) is 6.08 Å². The van der Waals surface area contributed by atoms with Gasteiger partial charge >= 0.3 is 0 Å². The number of nitrogens with zero attached hydrogens (tertiary/aromatic N) is 1. The Kier molecular flexibility index (Phi) is 5.36. The van der Waals surface area contributed by atoms with Gasteiger partial charge in [0.25, 0.3) is 0 Å². The molecule has 0 aliphatic heterocycles. The van der Waals surface area contributed by atoms with Crippen LogP contribution in [0.15, 0.2) is 54.7 Å². The van der Waals surface area contributed by atoms with Crippen molar-refractivity contribution in [1.29, 1.82) is 0 Å². The monoisotopic (exact) mass is 324 g/mol. The molecule has 0 unspecified atom stereocenters. The van der Waals surface area contributed by atoms with Crippen molar-refractivity contribution < 1.29 is 9.18 Å². The van der Waals surface area contributed by atoms with Crippen LogP contribution < -0.4 is 5.32 Å². The van der Waals surface area contributed by atoms with Crippen molar-refractivity contribution in [2.45, 2.75) is 31.7 Å². The van der Waals surface area contributed by atoms with Crippen molar-refractivity contribution in [2.24, 2.45) is 5.92 Å². The number of pyridine rings is 1. The number of rotatable bonds is 5. The van der Waals surface area contributed by atoms with Gasteiger partial charge in [0.05, 0.1) is 11.7 Å². The van der Waals surface area contributed by atoms with Crippen molar-refractivity contribution >= 4 is 12.0 Å². The third-order valence-corrected chi connectivity index (χ3v) is 4.49. The fraction of sp³-hybridized carbons (Fsp3) is 0.300. The topological polar surface area (TPSA) is 42.0 Å². The maximum atomic E-state index is 13.2. The average Bonchev–Trinajstić information content (AvgIpc) is 3.14. The highest BCUT2D eigenvalue weighted by Gasteiger charge is 2.27. The molecule has 2 aromatic rings. The van der Waals surface area contributed by atoms with E-state index in [9.17, 15) is 9.18 Å². The zero-order valence-corrected chi connectivity index (χ0v) is 13.5. The summed E-state index contributed by atoms with van der Waals surface area (Å²) < 4.78 is 13.2. The molecule has 1 aromatic carbocycles. The predicted molar refractivity (Wildman–Crippen MR) is 92.5 cm³/mol. The molecule has 0 saturated heterocycles. The van der Waals surface area contributed by atoms with Gasteiger partial charge in [-0.15, -0.1) is 0 Å². The Labute approximate surface area is 141 Å². The Bertz CT molecular complexity index is 691. The van der Waals surface area contributed by atoms with E-state index in [0.29, 0.717) is 5.92 Å². The number of nitrogens with one attached hydrogen (secondary N) is 1. The van der Waals surface area contributed by atoms with E-state index in [1.165, 1.54) is 31.1 Å². The molecule has 124 valence electrons. The minimum absolute atomic E-state index is 0.0750. The number of halogens is 1. The summed E-state index contributed by atoms with van der Waals surface area (Å²) in [5.74, 6) is -0.00478. The Balaban J connectivity index is 1.72. The molecule has 0 bridgehead atoms. The molecule has 1 aromatic heterocycles. The second-order valence-electron chi connectivity index (χ2n) is 6.17. The van der Waals surface area contributed by atoms with E-state index < -0.39 is 0 Å². The van der Waals surface area contributed by atoms with Crippen LogP contribution in [0, 0.1) is 11.7 Å². The highest BCUT2D eigenvalue weighted by molar-refractivity contribution is 5.91. The van der Waals surface area contributed by atoms with Crippen molar-refractivity contribution in [3.05, 3.63) is 71.8 Å². The maximum absolute atomic E-state index is 13.2. The fourth-order valence-corrected chi connectivity index (χ4v) is 3.27. The highest BCUT2D eigenvalue weighted by Crippen LogP contribution is 2.35. The lowest BCUT2D eigenvalue weighted by molar-refractivity contribution is -0.117. The number of carbonyl (C=O) groups is 1. The first-order valence-corrected chi connectivity index (χ1v) is 8.37. The van der Waals surface area contributed by atoms with Gasteiger partial charge < -0.3 is 5.32 Å². The number of hydrogen-bond acceptors (Lipinski definition) is 2. The lowest BCUT2D eigenvalue weighted by Gasteiger charge is -2.24. The Morgan fingerprint density at radius 3 is 2.58 bits per heavy atom. The maximum Gasteiger partial charge on any atom is 0.244 e. The summed E-state index contributed by atoms with van der Waals surface area (Å²) in [6, 6.07) is 11.9. The first kappa shape index (κ1) is 16.4. The normalized spacial score (nSPS) is 16.4. The zero-order valence-electron chi connectivity index (χ0n) is 13.5. The van der Waals surface area contributed by atoms with Gasteiger partial charge in [-0.2, -0.15) is 0 Å². The summed E-state index contributed by atoms with van der Waals surface area (Å²) in [5, 5.41) is 3.09. The van der Waals surface area contributed by atoms with Crippen molar-refractivity contribution in [3.63, 3.8) is 0 Å². The van der Waals surface area contributed by atoms with Gasteiger partial charge in [0.2, 0.25) is 5.91 Å². The fourth-order valence-electron chi connectivity index (χ4n) is 3.27. The molecule has 3 rings (SSSR count). The van der Waals surface area contributed by atoms with Crippen LogP contribution in [-0.4, -0.2) is 10.9 Å². The summed E-state index contributed by atoms with van der Waals surface area (Å²) in [5.41, 5.74) is 1.70. The van der Waals surface area contributed by atoms with Crippen molar-refractivity contribution in [1.82, 2.24) is 10.3 Å². The molecular weight excluding hydrogens is 303 g/mol. The Morgan fingerprint density at radius 2 is 1.92 bits per heavy atom. The standard InChI is InChI=1S/C20H21FN2O/c21-17-10-8-16(9-11-17)20(15-5-1-2-6-15)23-19(24)13-12-18-7-3-4-14-22-18/h3-4,7-15,20H,1-2,5-6H2,(H,23,24)/b13-12+/t20-/m1/s1. The number of benzene rings is 1. The van der Waals surface area contributed by atoms with Crippen molar-refractivity contribution in [3.8, 4) is 0 Å². The molecule has 1 fully saturated rings. The smallest absolute Gasteiger partial charge is 0.244 e. The average molecular weight is 324 g/mol. The van der Waals surface area contributed by atoms with Gasteiger partial charge in [0.1, 0.15) is 5.82 Å². The second kappa shape index (κ2) is 7.86. The Hall–Kier alpha value is -2.49. The SMILES string of the molecule is O=C(/C=C/c1ccccn1)N[C@@H](c1ccc(F)cc1)C1CCCC1. The number of aromatic nitrogens is 1. The molecule has 1 amide bonds. The lowest BCUT2D eigenvalue weighted by atomic mass is 9.91. The first-order valence-electron chi connectivity index (χ1n) is 8.37. The summed E-state index contributed by atoms with van der Waals surface area (Å²) >= 11 is 0. The zero-order chi connectivity index (χ0) is 16.8. The number of carbonyl (C=O) groups excluding carboxylic acids is 1. The minimum atomic E-state index is -0.259. The molecule has 1 N–H and O–H groups in total. The molecule has 1 heterocycles. The first-order chi connectivity index (χ1) is 11.7. The molecule has 1 atom stereocenters. The van der Waals surface area contributed by atoms with Gasteiger partial charge in [0, 0.05) is 12.3 Å². The van der Waals surface area contributed by atoms with E-state index in [2.05, 4.69) is 10.3 Å². The Morgan fingerprint density at radius 1 is 1.17 bits per heavy atom. The van der Waals surface area contributed by atoms with Crippen LogP contribution in [0.3, 0.4) is 0 Å². The van der Waals surface area contributed by atoms with Crippen LogP contribution in [0.2, 0.25) is 0 Å². The van der Waals surface area contributed by atoms with Gasteiger partial charge in [0.15, 0.2) is 0 Å². The molecule has 1 aliphatic rings. The quantitative estimate of drug-likeness (QED) is 0.834. The van der Waals surface area contributed by atoms with E-state index in [-0.39, 0.29) is 17.8 Å². The van der Waals surface area contributed by atoms with E-state index in [0.717, 1.165) is 24.1 Å². The molecule has 1 saturated carbocycles. The van der Waals surface area contributed by atoms with E-state index in [4.69, 9.17) is 0 Å². The largest absolute Gasteiger partial charge is 0.345 e. The molecular formula is C20H21FN2O. The van der Waals surface area contributed by atoms with Crippen LogP contribution in [0.1, 0.15) is 43.0 Å². The molecule has 0 spiro atoms.